The summed E-state index contributed by atoms with van der Waals surface area (Å²) in [5.74, 6) is 1.49. The lowest BCUT2D eigenvalue weighted by atomic mass is 9.93. The molecule has 0 aliphatic carbocycles. The van der Waals surface area contributed by atoms with E-state index in [0.29, 0.717) is 12.5 Å². The summed E-state index contributed by atoms with van der Waals surface area (Å²) in [6.07, 6.45) is 4.12. The lowest BCUT2D eigenvalue weighted by molar-refractivity contribution is 0.170. The maximum Gasteiger partial charge on any atom is 0.119 e. The third-order valence-electron chi connectivity index (χ3n) is 4.49. The molecule has 3 rings (SSSR count). The molecule has 1 aliphatic rings. The molecular weight excluding hydrogens is 290 g/mol. The molecular formula is C18H25N3O2. The van der Waals surface area contributed by atoms with Gasteiger partial charge in [-0.05, 0) is 44.1 Å². The van der Waals surface area contributed by atoms with Gasteiger partial charge in [-0.25, -0.2) is 0 Å². The summed E-state index contributed by atoms with van der Waals surface area (Å²) >= 11 is 0. The summed E-state index contributed by atoms with van der Waals surface area (Å²) in [7, 11) is 0. The minimum Gasteiger partial charge on any atom is -0.492 e. The van der Waals surface area contributed by atoms with Gasteiger partial charge in [-0.15, -0.1) is 0 Å². The second-order valence-corrected chi connectivity index (χ2v) is 5.98. The van der Waals surface area contributed by atoms with Crippen LogP contribution in [0.5, 0.6) is 5.75 Å². The summed E-state index contributed by atoms with van der Waals surface area (Å²) in [4.78, 5) is 2.46. The van der Waals surface area contributed by atoms with Crippen LogP contribution in [0.2, 0.25) is 0 Å². The highest BCUT2D eigenvalue weighted by Crippen LogP contribution is 2.27. The van der Waals surface area contributed by atoms with Gasteiger partial charge >= 0.3 is 0 Å². The molecule has 1 aromatic carbocycles. The summed E-state index contributed by atoms with van der Waals surface area (Å²) in [5, 5.41) is 13.4. The van der Waals surface area contributed by atoms with Crippen LogP contribution in [-0.2, 0) is 6.54 Å². The monoisotopic (exact) mass is 315 g/mol. The standard InChI is InChI=1S/C18H25N3O2/c22-14-12-21-18(6-9-19-21)16-7-10-20(11-8-16)13-15-23-17-4-2-1-3-5-17/h1-6,9,16,22H,7-8,10-15H2. The van der Waals surface area contributed by atoms with Crippen molar-refractivity contribution >= 4 is 0 Å². The molecule has 0 radical (unpaired) electrons. The maximum absolute atomic E-state index is 9.11. The number of likely N-dealkylation sites (tertiary alicyclic amines) is 1. The maximum atomic E-state index is 9.11. The molecule has 1 aromatic heterocycles. The summed E-state index contributed by atoms with van der Waals surface area (Å²) in [5.41, 5.74) is 1.26. The van der Waals surface area contributed by atoms with Gasteiger partial charge in [0, 0.05) is 24.4 Å². The third kappa shape index (κ3) is 4.33. The quantitative estimate of drug-likeness (QED) is 0.850. The first kappa shape index (κ1) is 16.0. The Labute approximate surface area is 137 Å². The molecule has 124 valence electrons. The predicted octanol–water partition coefficient (Wildman–Crippen LogP) is 2.13. The number of hydrogen-bond donors (Lipinski definition) is 1. The fourth-order valence-electron chi connectivity index (χ4n) is 3.23. The highest BCUT2D eigenvalue weighted by Gasteiger charge is 2.22. The number of aromatic nitrogens is 2. The SMILES string of the molecule is OCCn1nccc1C1CCN(CCOc2ccccc2)CC1. The van der Waals surface area contributed by atoms with Crippen molar-refractivity contribution in [3.63, 3.8) is 0 Å². The van der Waals surface area contributed by atoms with Crippen LogP contribution < -0.4 is 4.74 Å². The van der Waals surface area contributed by atoms with Gasteiger partial charge in [-0.3, -0.25) is 9.58 Å². The minimum absolute atomic E-state index is 0.143. The molecule has 2 aromatic rings. The molecule has 1 aliphatic heterocycles. The van der Waals surface area contributed by atoms with E-state index in [9.17, 15) is 0 Å². The first-order valence-corrected chi connectivity index (χ1v) is 8.39. The first-order chi connectivity index (χ1) is 11.4. The zero-order chi connectivity index (χ0) is 15.9. The molecule has 1 N–H and O–H groups in total. The number of aliphatic hydroxyl groups is 1. The van der Waals surface area contributed by atoms with Gasteiger partial charge in [0.05, 0.1) is 13.2 Å². The Balaban J connectivity index is 1.42. The van der Waals surface area contributed by atoms with E-state index in [1.807, 2.05) is 41.2 Å². The van der Waals surface area contributed by atoms with Crippen molar-refractivity contribution in [1.82, 2.24) is 14.7 Å². The van der Waals surface area contributed by atoms with E-state index >= 15 is 0 Å². The smallest absolute Gasteiger partial charge is 0.119 e. The molecule has 0 unspecified atom stereocenters. The van der Waals surface area contributed by atoms with Crippen LogP contribution in [0.15, 0.2) is 42.6 Å². The molecule has 1 saturated heterocycles. The summed E-state index contributed by atoms with van der Waals surface area (Å²) in [6, 6.07) is 12.1. The van der Waals surface area contributed by atoms with E-state index in [1.54, 1.807) is 0 Å². The number of benzene rings is 1. The van der Waals surface area contributed by atoms with Crippen LogP contribution in [0.4, 0.5) is 0 Å². The zero-order valence-electron chi connectivity index (χ0n) is 13.5. The number of aliphatic hydroxyl groups excluding tert-OH is 1. The van der Waals surface area contributed by atoms with Crippen molar-refractivity contribution in [2.24, 2.45) is 0 Å². The van der Waals surface area contributed by atoms with Gasteiger partial charge in [0.15, 0.2) is 0 Å². The molecule has 0 saturated carbocycles. The van der Waals surface area contributed by atoms with Gasteiger partial charge in [0.25, 0.3) is 0 Å². The fraction of sp³-hybridized carbons (Fsp3) is 0.500. The number of ether oxygens (including phenoxy) is 1. The third-order valence-corrected chi connectivity index (χ3v) is 4.49. The fourth-order valence-corrected chi connectivity index (χ4v) is 3.23. The van der Waals surface area contributed by atoms with Gasteiger partial charge < -0.3 is 9.84 Å². The molecule has 23 heavy (non-hydrogen) atoms. The van der Waals surface area contributed by atoms with E-state index in [-0.39, 0.29) is 6.61 Å². The normalized spacial score (nSPS) is 16.6. The highest BCUT2D eigenvalue weighted by atomic mass is 16.5. The highest BCUT2D eigenvalue weighted by molar-refractivity contribution is 5.20. The number of nitrogens with zero attached hydrogens (tertiary/aromatic N) is 3. The van der Waals surface area contributed by atoms with Crippen molar-refractivity contribution in [2.75, 3.05) is 32.8 Å². The molecule has 5 nitrogen and oxygen atoms in total. The summed E-state index contributed by atoms with van der Waals surface area (Å²) < 4.78 is 7.72. The Morgan fingerprint density at radius 2 is 1.87 bits per heavy atom. The summed E-state index contributed by atoms with van der Waals surface area (Å²) in [6.45, 7) is 4.62. The van der Waals surface area contributed by atoms with Gasteiger partial charge in [0.2, 0.25) is 0 Å². The average molecular weight is 315 g/mol. The van der Waals surface area contributed by atoms with E-state index in [0.717, 1.165) is 44.8 Å². The van der Waals surface area contributed by atoms with E-state index < -0.39 is 0 Å². The minimum atomic E-state index is 0.143. The Bertz CT molecular complexity index is 577. The Morgan fingerprint density at radius 3 is 2.61 bits per heavy atom. The second-order valence-electron chi connectivity index (χ2n) is 5.98. The van der Waals surface area contributed by atoms with Crippen LogP contribution in [0, 0.1) is 0 Å². The largest absolute Gasteiger partial charge is 0.492 e. The number of hydrogen-bond acceptors (Lipinski definition) is 4. The molecule has 0 spiro atoms. The molecule has 0 amide bonds. The number of rotatable bonds is 7. The van der Waals surface area contributed by atoms with Crippen molar-refractivity contribution in [3.8, 4) is 5.75 Å². The van der Waals surface area contributed by atoms with Crippen LogP contribution >= 0.6 is 0 Å². The lowest BCUT2D eigenvalue weighted by Gasteiger charge is -2.32. The molecule has 5 heteroatoms. The van der Waals surface area contributed by atoms with Crippen molar-refractivity contribution in [1.29, 1.82) is 0 Å². The Hall–Kier alpha value is -1.85. The first-order valence-electron chi connectivity index (χ1n) is 8.39. The van der Waals surface area contributed by atoms with E-state index in [4.69, 9.17) is 9.84 Å². The second kappa shape index (κ2) is 8.13. The van der Waals surface area contributed by atoms with Gasteiger partial charge in [-0.2, -0.15) is 5.10 Å². The predicted molar refractivity (Wildman–Crippen MR) is 89.7 cm³/mol. The van der Waals surface area contributed by atoms with Crippen LogP contribution in [0.25, 0.3) is 0 Å². The molecule has 0 atom stereocenters. The van der Waals surface area contributed by atoms with Gasteiger partial charge in [0.1, 0.15) is 12.4 Å². The zero-order valence-corrected chi connectivity index (χ0v) is 13.5. The van der Waals surface area contributed by atoms with Crippen molar-refractivity contribution in [2.45, 2.75) is 25.3 Å². The average Bonchev–Trinajstić information content (AvgIpc) is 3.05. The molecule has 1 fully saturated rings. The van der Waals surface area contributed by atoms with E-state index in [1.165, 1.54) is 5.69 Å². The Morgan fingerprint density at radius 1 is 1.09 bits per heavy atom. The molecule has 0 bridgehead atoms. The topological polar surface area (TPSA) is 50.5 Å². The molecule has 2 heterocycles. The Kier molecular flexibility index (Phi) is 5.66. The van der Waals surface area contributed by atoms with Gasteiger partial charge in [-0.1, -0.05) is 18.2 Å². The lowest BCUT2D eigenvalue weighted by Crippen LogP contribution is -2.36. The van der Waals surface area contributed by atoms with Crippen LogP contribution in [-0.4, -0.2) is 52.6 Å². The van der Waals surface area contributed by atoms with Crippen molar-refractivity contribution < 1.29 is 9.84 Å². The number of para-hydroxylation sites is 1. The van der Waals surface area contributed by atoms with Crippen LogP contribution in [0.1, 0.15) is 24.5 Å². The van der Waals surface area contributed by atoms with E-state index in [2.05, 4.69) is 16.1 Å². The van der Waals surface area contributed by atoms with Crippen LogP contribution in [0.3, 0.4) is 0 Å². The van der Waals surface area contributed by atoms with Crippen molar-refractivity contribution in [3.05, 3.63) is 48.3 Å². The number of piperidine rings is 1.